The second-order valence-corrected chi connectivity index (χ2v) is 5.31. The third-order valence-corrected chi connectivity index (χ3v) is 3.57. The van der Waals surface area contributed by atoms with Crippen molar-refractivity contribution in [1.29, 1.82) is 0 Å². The van der Waals surface area contributed by atoms with Gasteiger partial charge in [0.05, 0.1) is 27.3 Å². The van der Waals surface area contributed by atoms with Gasteiger partial charge in [-0.25, -0.2) is 4.98 Å². The third kappa shape index (κ3) is 2.97. The van der Waals surface area contributed by atoms with E-state index in [1.165, 1.54) is 18.2 Å². The molecule has 120 valence electrons. The number of imidazole rings is 1. The minimum atomic E-state index is -1.35. The molecule has 7 nitrogen and oxygen atoms in total. The lowest BCUT2D eigenvalue weighted by Crippen LogP contribution is -2.18. The maximum absolute atomic E-state index is 10.8. The van der Waals surface area contributed by atoms with Crippen LogP contribution in [0.25, 0.3) is 23.0 Å². The zero-order chi connectivity index (χ0) is 17.3. The van der Waals surface area contributed by atoms with Gasteiger partial charge >= 0.3 is 0 Å². The number of hydrogen-bond donors (Lipinski definition) is 0. The van der Waals surface area contributed by atoms with Crippen molar-refractivity contribution in [2.24, 2.45) is 0 Å². The molecule has 8 heteroatoms. The monoisotopic (exact) mass is 342 g/mol. The number of hydrogen-bond acceptors (Lipinski definition) is 5. The smallest absolute Gasteiger partial charge is 0.269 e. The van der Waals surface area contributed by atoms with Crippen molar-refractivity contribution in [3.05, 3.63) is 69.5 Å². The SMILES string of the molecule is O=C([O-])/C=C/c1c(-c2ccc([N+](=O)[O-])cc2)nc2ccc(Cl)cn12. The van der Waals surface area contributed by atoms with Crippen LogP contribution in [0, 0.1) is 10.1 Å². The Morgan fingerprint density at radius 1 is 1.21 bits per heavy atom. The number of halogens is 1. The number of carboxylic acid groups (broad SMARTS) is 1. The number of aromatic nitrogens is 2. The van der Waals surface area contributed by atoms with Crippen LogP contribution in [0.5, 0.6) is 0 Å². The molecule has 0 bridgehead atoms. The predicted molar refractivity (Wildman–Crippen MR) is 86.3 cm³/mol. The summed E-state index contributed by atoms with van der Waals surface area (Å²) in [7, 11) is 0. The normalized spacial score (nSPS) is 11.2. The molecule has 0 saturated carbocycles. The fourth-order valence-corrected chi connectivity index (χ4v) is 2.46. The minimum Gasteiger partial charge on any atom is -0.545 e. The highest BCUT2D eigenvalue weighted by atomic mass is 35.5. The maximum Gasteiger partial charge on any atom is 0.269 e. The molecule has 0 unspecified atom stereocenters. The first-order chi connectivity index (χ1) is 11.5. The van der Waals surface area contributed by atoms with E-state index in [0.29, 0.717) is 27.6 Å². The Balaban J connectivity index is 2.20. The van der Waals surface area contributed by atoms with Crippen LogP contribution in [0.3, 0.4) is 0 Å². The van der Waals surface area contributed by atoms with Gasteiger partial charge in [-0.1, -0.05) is 11.6 Å². The summed E-state index contributed by atoms with van der Waals surface area (Å²) in [6.45, 7) is 0. The molecular formula is C16H9ClN3O4-. The molecular weight excluding hydrogens is 334 g/mol. The Morgan fingerprint density at radius 3 is 2.54 bits per heavy atom. The van der Waals surface area contributed by atoms with E-state index in [-0.39, 0.29) is 5.69 Å². The van der Waals surface area contributed by atoms with Crippen LogP contribution in [0.1, 0.15) is 5.69 Å². The molecule has 0 fully saturated rings. The zero-order valence-corrected chi connectivity index (χ0v) is 12.8. The number of nitrogens with zero attached hydrogens (tertiary/aromatic N) is 3. The number of carboxylic acids is 1. The second kappa shape index (κ2) is 6.13. The summed E-state index contributed by atoms with van der Waals surface area (Å²) in [4.78, 5) is 25.4. The number of carbonyl (C=O) groups is 1. The fourth-order valence-electron chi connectivity index (χ4n) is 2.30. The minimum absolute atomic E-state index is 0.0441. The van der Waals surface area contributed by atoms with Gasteiger partial charge in [-0.3, -0.25) is 14.5 Å². The molecule has 3 aromatic rings. The molecule has 2 heterocycles. The molecule has 0 aliphatic carbocycles. The van der Waals surface area contributed by atoms with Gasteiger partial charge in [0, 0.05) is 23.9 Å². The summed E-state index contributed by atoms with van der Waals surface area (Å²) in [5.74, 6) is -1.35. The van der Waals surface area contributed by atoms with Gasteiger partial charge in [0.15, 0.2) is 0 Å². The van der Waals surface area contributed by atoms with E-state index < -0.39 is 10.9 Å². The number of aliphatic carboxylic acids is 1. The number of nitro groups is 1. The summed E-state index contributed by atoms with van der Waals surface area (Å²) < 4.78 is 1.64. The molecule has 0 aliphatic heterocycles. The Morgan fingerprint density at radius 2 is 1.92 bits per heavy atom. The Kier molecular flexibility index (Phi) is 4.01. The lowest BCUT2D eigenvalue weighted by molar-refractivity contribution is -0.384. The Bertz CT molecular complexity index is 977. The average molecular weight is 343 g/mol. The maximum atomic E-state index is 10.8. The summed E-state index contributed by atoms with van der Waals surface area (Å²) >= 11 is 5.99. The number of fused-ring (bicyclic) bond motifs is 1. The number of nitro benzene ring substituents is 1. The topological polar surface area (TPSA) is 101 Å². The number of pyridine rings is 1. The lowest BCUT2D eigenvalue weighted by atomic mass is 10.1. The molecule has 0 saturated heterocycles. The van der Waals surface area contributed by atoms with E-state index in [1.54, 1.807) is 34.9 Å². The molecule has 0 radical (unpaired) electrons. The summed E-state index contributed by atoms with van der Waals surface area (Å²) in [5, 5.41) is 22.0. The summed E-state index contributed by atoms with van der Waals surface area (Å²) in [6, 6.07) is 9.18. The molecule has 0 N–H and O–H groups in total. The lowest BCUT2D eigenvalue weighted by Gasteiger charge is -2.02. The largest absolute Gasteiger partial charge is 0.545 e. The molecule has 3 rings (SSSR count). The predicted octanol–water partition coefficient (Wildman–Crippen LogP) is 2.33. The van der Waals surface area contributed by atoms with Gasteiger partial charge < -0.3 is 9.90 Å². The van der Waals surface area contributed by atoms with E-state index in [4.69, 9.17) is 11.6 Å². The van der Waals surface area contributed by atoms with E-state index in [9.17, 15) is 20.0 Å². The van der Waals surface area contributed by atoms with Crippen molar-refractivity contribution in [1.82, 2.24) is 9.38 Å². The standard InChI is InChI=1S/C16H10ClN3O4/c17-11-3-7-14-18-16(10-1-4-12(5-2-10)20(23)24)13(19(14)9-11)6-8-15(21)22/h1-9H,(H,21,22)/p-1/b8-6+. The Labute approximate surface area is 140 Å². The summed E-state index contributed by atoms with van der Waals surface area (Å²) in [6.07, 6.45) is 3.84. The molecule has 1 aromatic carbocycles. The van der Waals surface area contributed by atoms with Gasteiger partial charge in [-0.2, -0.15) is 0 Å². The van der Waals surface area contributed by atoms with E-state index in [0.717, 1.165) is 6.08 Å². The first-order valence-corrected chi connectivity index (χ1v) is 7.15. The molecule has 0 spiro atoms. The van der Waals surface area contributed by atoms with Gasteiger partial charge in [-0.05, 0) is 36.4 Å². The quantitative estimate of drug-likeness (QED) is 0.411. The number of rotatable bonds is 4. The van der Waals surface area contributed by atoms with Crippen molar-refractivity contribution < 1.29 is 14.8 Å². The van der Waals surface area contributed by atoms with Gasteiger partial charge in [0.2, 0.25) is 0 Å². The average Bonchev–Trinajstić information content (AvgIpc) is 2.90. The molecule has 0 atom stereocenters. The Hall–Kier alpha value is -3.19. The van der Waals surface area contributed by atoms with E-state index >= 15 is 0 Å². The first kappa shape index (κ1) is 15.7. The van der Waals surface area contributed by atoms with Crippen molar-refractivity contribution in [2.45, 2.75) is 0 Å². The number of non-ortho nitro benzene ring substituents is 1. The van der Waals surface area contributed by atoms with Gasteiger partial charge in [-0.15, -0.1) is 0 Å². The first-order valence-electron chi connectivity index (χ1n) is 6.77. The van der Waals surface area contributed by atoms with Crippen molar-refractivity contribution >= 4 is 35.0 Å². The second-order valence-electron chi connectivity index (χ2n) is 4.88. The molecule has 0 amide bonds. The fraction of sp³-hybridized carbons (Fsp3) is 0. The van der Waals surface area contributed by atoms with Crippen LogP contribution >= 0.6 is 11.6 Å². The van der Waals surface area contributed by atoms with Crippen LogP contribution in [0.2, 0.25) is 5.02 Å². The highest BCUT2D eigenvalue weighted by Gasteiger charge is 2.14. The van der Waals surface area contributed by atoms with Gasteiger partial charge in [0.25, 0.3) is 5.69 Å². The highest BCUT2D eigenvalue weighted by Crippen LogP contribution is 2.28. The molecule has 2 aromatic heterocycles. The van der Waals surface area contributed by atoms with Gasteiger partial charge in [0.1, 0.15) is 5.65 Å². The van der Waals surface area contributed by atoms with Crippen LogP contribution in [-0.4, -0.2) is 20.3 Å². The van der Waals surface area contributed by atoms with Crippen molar-refractivity contribution in [3.8, 4) is 11.3 Å². The molecule has 0 aliphatic rings. The highest BCUT2D eigenvalue weighted by molar-refractivity contribution is 6.30. The zero-order valence-electron chi connectivity index (χ0n) is 12.0. The van der Waals surface area contributed by atoms with Crippen LogP contribution in [0.15, 0.2) is 48.7 Å². The molecule has 24 heavy (non-hydrogen) atoms. The number of carbonyl (C=O) groups excluding carboxylic acids is 1. The van der Waals surface area contributed by atoms with Crippen LogP contribution in [0.4, 0.5) is 5.69 Å². The van der Waals surface area contributed by atoms with E-state index in [1.807, 2.05) is 0 Å². The van der Waals surface area contributed by atoms with Crippen LogP contribution < -0.4 is 5.11 Å². The van der Waals surface area contributed by atoms with Crippen LogP contribution in [-0.2, 0) is 4.79 Å². The summed E-state index contributed by atoms with van der Waals surface area (Å²) in [5.41, 5.74) is 2.08. The third-order valence-electron chi connectivity index (χ3n) is 3.35. The van der Waals surface area contributed by atoms with E-state index in [2.05, 4.69) is 4.98 Å². The van der Waals surface area contributed by atoms with Crippen molar-refractivity contribution in [2.75, 3.05) is 0 Å². The number of benzene rings is 1. The van der Waals surface area contributed by atoms with Crippen molar-refractivity contribution in [3.63, 3.8) is 0 Å².